The van der Waals surface area contributed by atoms with Crippen LogP contribution in [0, 0.1) is 18.8 Å². The number of methoxy groups -OCH3 is 1. The minimum atomic E-state index is -0.102. The van der Waals surface area contributed by atoms with Crippen molar-refractivity contribution in [2.45, 2.75) is 40.0 Å². The number of piperidine rings is 1. The van der Waals surface area contributed by atoms with Gasteiger partial charge in [-0.15, -0.1) is 0 Å². The number of rotatable bonds is 7. The van der Waals surface area contributed by atoms with E-state index in [9.17, 15) is 9.59 Å². The topological polar surface area (TPSA) is 64.4 Å². The van der Waals surface area contributed by atoms with Crippen LogP contribution < -0.4 is 4.74 Å². The highest BCUT2D eigenvalue weighted by atomic mass is 16.5. The fourth-order valence-corrected chi connectivity index (χ4v) is 4.57. The van der Waals surface area contributed by atoms with E-state index in [2.05, 4.69) is 31.1 Å². The van der Waals surface area contributed by atoms with Gasteiger partial charge in [0.15, 0.2) is 11.5 Å². The third-order valence-electron chi connectivity index (χ3n) is 6.42. The monoisotopic (exact) mass is 459 g/mol. The molecule has 178 valence electrons. The highest BCUT2D eigenvalue weighted by Crippen LogP contribution is 2.25. The molecule has 0 saturated carbocycles. The Morgan fingerprint density at radius 1 is 1.06 bits per heavy atom. The number of nitrogens with zero attached hydrogens (tertiary/aromatic N) is 3. The molecule has 2 heterocycles. The number of hydrogen-bond donors (Lipinski definition) is 0. The fraction of sp³-hybridized carbons (Fsp3) is 0.393. The Morgan fingerprint density at radius 2 is 1.76 bits per heavy atom. The molecular weight excluding hydrogens is 426 g/mol. The Hall–Kier alpha value is -3.41. The lowest BCUT2D eigenvalue weighted by atomic mass is 9.88. The maximum atomic E-state index is 13.1. The van der Waals surface area contributed by atoms with Gasteiger partial charge in [-0.3, -0.25) is 9.59 Å². The van der Waals surface area contributed by atoms with Crippen molar-refractivity contribution in [3.8, 4) is 11.4 Å². The summed E-state index contributed by atoms with van der Waals surface area (Å²) >= 11 is 0. The Bertz CT molecular complexity index is 1160. The largest absolute Gasteiger partial charge is 0.494 e. The van der Waals surface area contributed by atoms with E-state index >= 15 is 0 Å². The van der Waals surface area contributed by atoms with Gasteiger partial charge in [0, 0.05) is 30.8 Å². The second-order valence-corrected chi connectivity index (χ2v) is 9.55. The minimum Gasteiger partial charge on any atom is -0.494 e. The predicted molar refractivity (Wildman–Crippen MR) is 133 cm³/mol. The molecule has 1 aliphatic heterocycles. The first kappa shape index (κ1) is 23.7. The van der Waals surface area contributed by atoms with Gasteiger partial charge in [-0.1, -0.05) is 44.2 Å². The van der Waals surface area contributed by atoms with Crippen LogP contribution in [0.1, 0.15) is 58.7 Å². The van der Waals surface area contributed by atoms with Gasteiger partial charge in [-0.25, -0.2) is 4.68 Å². The van der Waals surface area contributed by atoms with E-state index in [-0.39, 0.29) is 17.6 Å². The van der Waals surface area contributed by atoms with Gasteiger partial charge in [-0.05, 0) is 61.4 Å². The number of ketones is 1. The molecule has 2 aromatic carbocycles. The normalized spacial score (nSPS) is 14.4. The molecule has 0 aliphatic carbocycles. The van der Waals surface area contributed by atoms with E-state index in [1.165, 1.54) is 5.56 Å². The van der Waals surface area contributed by atoms with Crippen molar-refractivity contribution in [1.82, 2.24) is 14.7 Å². The van der Waals surface area contributed by atoms with Crippen LogP contribution in [0.4, 0.5) is 0 Å². The molecule has 1 amide bonds. The molecule has 1 aliphatic rings. The number of amides is 1. The summed E-state index contributed by atoms with van der Waals surface area (Å²) in [4.78, 5) is 27.9. The quantitative estimate of drug-likeness (QED) is 0.460. The SMILES string of the molecule is COc1ccc(C)cc1-n1ccc(C(=O)N2CCC(C(=O)c3ccc(CC(C)C)cc3)CC2)n1. The summed E-state index contributed by atoms with van der Waals surface area (Å²) in [7, 11) is 1.62. The molecule has 4 rings (SSSR count). The lowest BCUT2D eigenvalue weighted by Gasteiger charge is -2.31. The summed E-state index contributed by atoms with van der Waals surface area (Å²) in [6.07, 6.45) is 4.14. The molecule has 1 aromatic heterocycles. The van der Waals surface area contributed by atoms with Gasteiger partial charge in [0.05, 0.1) is 7.11 Å². The Labute approximate surface area is 201 Å². The van der Waals surface area contributed by atoms with Crippen molar-refractivity contribution in [3.05, 3.63) is 77.1 Å². The lowest BCUT2D eigenvalue weighted by Crippen LogP contribution is -2.40. The van der Waals surface area contributed by atoms with Gasteiger partial charge in [0.2, 0.25) is 0 Å². The van der Waals surface area contributed by atoms with Crippen molar-refractivity contribution in [1.29, 1.82) is 0 Å². The molecule has 1 fully saturated rings. The average Bonchev–Trinajstić information content (AvgIpc) is 3.33. The Balaban J connectivity index is 1.38. The number of benzene rings is 2. The molecule has 6 heteroatoms. The first-order chi connectivity index (χ1) is 16.4. The van der Waals surface area contributed by atoms with E-state index in [0.29, 0.717) is 43.3 Å². The highest BCUT2D eigenvalue weighted by Gasteiger charge is 2.29. The standard InChI is InChI=1S/C28H33N3O3/c1-19(2)17-21-6-8-22(9-7-21)27(32)23-11-14-30(15-12-23)28(33)24-13-16-31(29-24)25-18-20(3)5-10-26(25)34-4/h5-10,13,16,18-19,23H,11-12,14-15,17H2,1-4H3. The van der Waals surface area contributed by atoms with Crippen LogP contribution in [0.3, 0.4) is 0 Å². The number of aryl methyl sites for hydroxylation is 1. The number of Topliss-reactive ketones (excluding diaryl/α,β-unsaturated/α-hetero) is 1. The predicted octanol–water partition coefficient (Wildman–Crippen LogP) is 5.12. The second kappa shape index (κ2) is 10.2. The summed E-state index contributed by atoms with van der Waals surface area (Å²) in [5.41, 5.74) is 4.30. The average molecular weight is 460 g/mol. The van der Waals surface area contributed by atoms with Crippen LogP contribution in [0.2, 0.25) is 0 Å². The molecule has 6 nitrogen and oxygen atoms in total. The van der Waals surface area contributed by atoms with Gasteiger partial charge in [0.25, 0.3) is 5.91 Å². The molecule has 0 radical (unpaired) electrons. The zero-order valence-corrected chi connectivity index (χ0v) is 20.5. The van der Waals surface area contributed by atoms with Crippen molar-refractivity contribution in [2.75, 3.05) is 20.2 Å². The number of carbonyl (C=O) groups excluding carboxylic acids is 2. The van der Waals surface area contributed by atoms with Crippen LogP contribution in [0.5, 0.6) is 5.75 Å². The van der Waals surface area contributed by atoms with Gasteiger partial charge < -0.3 is 9.64 Å². The van der Waals surface area contributed by atoms with E-state index in [1.807, 2.05) is 37.3 Å². The second-order valence-electron chi connectivity index (χ2n) is 9.55. The number of ether oxygens (including phenoxy) is 1. The molecule has 0 spiro atoms. The Kier molecular flexibility index (Phi) is 7.15. The number of likely N-dealkylation sites (tertiary alicyclic amines) is 1. The first-order valence-electron chi connectivity index (χ1n) is 12.0. The molecule has 1 saturated heterocycles. The van der Waals surface area contributed by atoms with E-state index in [4.69, 9.17) is 4.74 Å². The first-order valence-corrected chi connectivity index (χ1v) is 12.0. The van der Waals surface area contributed by atoms with Crippen LogP contribution >= 0.6 is 0 Å². The Morgan fingerprint density at radius 3 is 2.41 bits per heavy atom. The summed E-state index contributed by atoms with van der Waals surface area (Å²) in [5.74, 6) is 1.32. The van der Waals surface area contributed by atoms with Gasteiger partial charge in [-0.2, -0.15) is 5.10 Å². The highest BCUT2D eigenvalue weighted by molar-refractivity contribution is 5.98. The van der Waals surface area contributed by atoms with Crippen LogP contribution in [-0.2, 0) is 6.42 Å². The summed E-state index contributed by atoms with van der Waals surface area (Å²) in [6.45, 7) is 7.50. The molecule has 0 atom stereocenters. The summed E-state index contributed by atoms with van der Waals surface area (Å²) in [5, 5.41) is 4.51. The van der Waals surface area contributed by atoms with Gasteiger partial charge in [0.1, 0.15) is 11.4 Å². The van der Waals surface area contributed by atoms with Crippen molar-refractivity contribution in [2.24, 2.45) is 11.8 Å². The molecule has 3 aromatic rings. The molecular formula is C28H33N3O3. The third-order valence-corrected chi connectivity index (χ3v) is 6.42. The minimum absolute atomic E-state index is 0.0471. The maximum Gasteiger partial charge on any atom is 0.274 e. The number of aromatic nitrogens is 2. The van der Waals surface area contributed by atoms with Gasteiger partial charge >= 0.3 is 0 Å². The van der Waals surface area contributed by atoms with E-state index in [0.717, 1.165) is 23.2 Å². The summed E-state index contributed by atoms with van der Waals surface area (Å²) in [6, 6.07) is 15.6. The molecule has 0 unspecified atom stereocenters. The zero-order valence-electron chi connectivity index (χ0n) is 20.5. The van der Waals surface area contributed by atoms with Crippen molar-refractivity contribution >= 4 is 11.7 Å². The lowest BCUT2D eigenvalue weighted by molar-refractivity contribution is 0.0645. The maximum absolute atomic E-state index is 13.1. The van der Waals surface area contributed by atoms with Crippen LogP contribution in [-0.4, -0.2) is 46.6 Å². The fourth-order valence-electron chi connectivity index (χ4n) is 4.57. The van der Waals surface area contributed by atoms with E-state index < -0.39 is 0 Å². The third kappa shape index (κ3) is 5.22. The number of carbonyl (C=O) groups is 2. The zero-order chi connectivity index (χ0) is 24.2. The van der Waals surface area contributed by atoms with Crippen molar-refractivity contribution < 1.29 is 14.3 Å². The summed E-state index contributed by atoms with van der Waals surface area (Å²) < 4.78 is 7.13. The van der Waals surface area contributed by atoms with Crippen molar-refractivity contribution in [3.63, 3.8) is 0 Å². The molecule has 34 heavy (non-hydrogen) atoms. The van der Waals surface area contributed by atoms with Crippen LogP contribution in [0.25, 0.3) is 5.69 Å². The van der Waals surface area contributed by atoms with Crippen LogP contribution in [0.15, 0.2) is 54.7 Å². The number of hydrogen-bond acceptors (Lipinski definition) is 4. The molecule has 0 N–H and O–H groups in total. The smallest absolute Gasteiger partial charge is 0.274 e. The van der Waals surface area contributed by atoms with E-state index in [1.54, 1.807) is 29.0 Å². The molecule has 0 bridgehead atoms.